The number of nitrogens with zero attached hydrogens (tertiary/aromatic N) is 5. The third kappa shape index (κ3) is 2.94. The molecule has 0 bridgehead atoms. The zero-order valence-corrected chi connectivity index (χ0v) is 14.4. The Balaban J connectivity index is 1.74. The van der Waals surface area contributed by atoms with Crippen LogP contribution in [-0.4, -0.2) is 39.4 Å². The maximum atomic E-state index is 8.95. The van der Waals surface area contributed by atoms with Crippen LogP contribution in [0.3, 0.4) is 0 Å². The summed E-state index contributed by atoms with van der Waals surface area (Å²) >= 11 is 0. The van der Waals surface area contributed by atoms with Crippen molar-refractivity contribution in [2.45, 2.75) is 6.54 Å². The van der Waals surface area contributed by atoms with Gasteiger partial charge in [-0.25, -0.2) is 0 Å². The highest BCUT2D eigenvalue weighted by molar-refractivity contribution is 5.95. The van der Waals surface area contributed by atoms with Gasteiger partial charge in [0, 0.05) is 16.5 Å². The molecule has 0 saturated carbocycles. The van der Waals surface area contributed by atoms with Gasteiger partial charge < -0.3 is 9.32 Å². The number of benzene rings is 2. The molecular formula is C19H16N6O. The first-order chi connectivity index (χ1) is 12.6. The van der Waals surface area contributed by atoms with Crippen LogP contribution in [0.25, 0.3) is 33.6 Å². The topological polar surface area (TPSA) is 94.6 Å². The van der Waals surface area contributed by atoms with Gasteiger partial charge in [0.05, 0.1) is 29.4 Å². The van der Waals surface area contributed by atoms with Crippen molar-refractivity contribution in [1.29, 1.82) is 5.26 Å². The van der Waals surface area contributed by atoms with Gasteiger partial charge in [-0.1, -0.05) is 12.1 Å². The van der Waals surface area contributed by atoms with Gasteiger partial charge in [0.1, 0.15) is 0 Å². The predicted octanol–water partition coefficient (Wildman–Crippen LogP) is 3.21. The first-order valence-electron chi connectivity index (χ1n) is 8.10. The Hall–Kier alpha value is -3.50. The van der Waals surface area contributed by atoms with Crippen LogP contribution in [-0.2, 0) is 6.54 Å². The molecule has 0 aliphatic heterocycles. The number of aromatic nitrogens is 4. The monoisotopic (exact) mass is 344 g/mol. The minimum absolute atomic E-state index is 0.482. The van der Waals surface area contributed by atoms with Crippen molar-refractivity contribution in [2.24, 2.45) is 0 Å². The van der Waals surface area contributed by atoms with Gasteiger partial charge in [0.2, 0.25) is 11.8 Å². The lowest BCUT2D eigenvalue weighted by Gasteiger charge is -2.03. The molecule has 0 unspecified atom stereocenters. The van der Waals surface area contributed by atoms with Gasteiger partial charge in [-0.2, -0.15) is 10.4 Å². The van der Waals surface area contributed by atoms with Gasteiger partial charge in [0.15, 0.2) is 0 Å². The molecule has 4 rings (SSSR count). The molecule has 7 nitrogen and oxygen atoms in total. The SMILES string of the molecule is CN(C)Cc1nnc(-c2ccc3[nH]nc(-c4ccc(C#N)cc4)c3c2)o1. The summed E-state index contributed by atoms with van der Waals surface area (Å²) in [6, 6.07) is 15.3. The Morgan fingerprint density at radius 3 is 2.58 bits per heavy atom. The van der Waals surface area contributed by atoms with Gasteiger partial charge in [0.25, 0.3) is 0 Å². The van der Waals surface area contributed by atoms with E-state index in [1.165, 1.54) is 0 Å². The number of nitriles is 1. The van der Waals surface area contributed by atoms with Crippen molar-refractivity contribution < 1.29 is 4.42 Å². The summed E-state index contributed by atoms with van der Waals surface area (Å²) in [5, 5.41) is 25.6. The Morgan fingerprint density at radius 1 is 1.08 bits per heavy atom. The van der Waals surface area contributed by atoms with E-state index in [-0.39, 0.29) is 0 Å². The van der Waals surface area contributed by atoms with E-state index < -0.39 is 0 Å². The summed E-state index contributed by atoms with van der Waals surface area (Å²) < 4.78 is 5.75. The van der Waals surface area contributed by atoms with E-state index in [1.807, 2.05) is 49.3 Å². The fourth-order valence-corrected chi connectivity index (χ4v) is 2.77. The molecule has 1 N–H and O–H groups in total. The summed E-state index contributed by atoms with van der Waals surface area (Å²) in [7, 11) is 3.90. The quantitative estimate of drug-likeness (QED) is 0.611. The summed E-state index contributed by atoms with van der Waals surface area (Å²) in [6.45, 7) is 0.595. The fraction of sp³-hybridized carbons (Fsp3) is 0.158. The lowest BCUT2D eigenvalue weighted by molar-refractivity contribution is 0.344. The molecule has 0 amide bonds. The highest BCUT2D eigenvalue weighted by Gasteiger charge is 2.13. The molecule has 0 aliphatic carbocycles. The lowest BCUT2D eigenvalue weighted by Crippen LogP contribution is -2.10. The zero-order chi connectivity index (χ0) is 18.1. The standard InChI is InChI=1S/C19H16N6O/c1-25(2)11-17-22-24-19(26-17)14-7-8-16-15(9-14)18(23-21-16)13-5-3-12(10-20)4-6-13/h3-9H,11H2,1-2H3,(H,21,23). The normalized spacial score (nSPS) is 11.2. The van der Waals surface area contributed by atoms with Crippen molar-refractivity contribution in [3.05, 3.63) is 53.9 Å². The summed E-state index contributed by atoms with van der Waals surface area (Å²) in [5.41, 5.74) is 4.13. The molecule has 0 atom stereocenters. The molecule has 7 heteroatoms. The molecule has 0 saturated heterocycles. The number of rotatable bonds is 4. The molecule has 2 aromatic carbocycles. The van der Waals surface area contributed by atoms with Crippen LogP contribution in [0.1, 0.15) is 11.5 Å². The summed E-state index contributed by atoms with van der Waals surface area (Å²) in [6.07, 6.45) is 0. The van der Waals surface area contributed by atoms with Crippen molar-refractivity contribution in [1.82, 2.24) is 25.3 Å². The van der Waals surface area contributed by atoms with Crippen LogP contribution in [0, 0.1) is 11.3 Å². The Morgan fingerprint density at radius 2 is 1.85 bits per heavy atom. The van der Waals surface area contributed by atoms with Gasteiger partial charge >= 0.3 is 0 Å². The zero-order valence-electron chi connectivity index (χ0n) is 14.4. The molecule has 128 valence electrons. The van der Waals surface area contributed by atoms with Crippen LogP contribution in [0.4, 0.5) is 0 Å². The molecule has 2 aromatic heterocycles. The van der Waals surface area contributed by atoms with Crippen molar-refractivity contribution in [2.75, 3.05) is 14.1 Å². The average Bonchev–Trinajstić information content (AvgIpc) is 3.27. The highest BCUT2D eigenvalue weighted by Crippen LogP contribution is 2.30. The lowest BCUT2D eigenvalue weighted by atomic mass is 10.0. The Labute approximate surface area is 149 Å². The van der Waals surface area contributed by atoms with E-state index in [1.54, 1.807) is 12.1 Å². The van der Waals surface area contributed by atoms with Crippen molar-refractivity contribution in [3.63, 3.8) is 0 Å². The molecule has 0 spiro atoms. The van der Waals surface area contributed by atoms with Gasteiger partial charge in [-0.05, 0) is 44.4 Å². The first-order valence-corrected chi connectivity index (χ1v) is 8.10. The Bertz CT molecular complexity index is 1100. The second kappa shape index (κ2) is 6.43. The maximum Gasteiger partial charge on any atom is 0.247 e. The smallest absolute Gasteiger partial charge is 0.247 e. The van der Waals surface area contributed by atoms with Crippen LogP contribution in [0.2, 0.25) is 0 Å². The molecule has 0 fully saturated rings. The van der Waals surface area contributed by atoms with Crippen LogP contribution < -0.4 is 0 Å². The Kier molecular flexibility index (Phi) is 3.95. The average molecular weight is 344 g/mol. The fourth-order valence-electron chi connectivity index (χ4n) is 2.77. The first kappa shape index (κ1) is 16.0. The van der Waals surface area contributed by atoms with Crippen molar-refractivity contribution in [3.8, 4) is 28.8 Å². The van der Waals surface area contributed by atoms with E-state index in [9.17, 15) is 0 Å². The van der Waals surface area contributed by atoms with E-state index >= 15 is 0 Å². The number of aromatic amines is 1. The number of fused-ring (bicyclic) bond motifs is 1. The second-order valence-corrected chi connectivity index (χ2v) is 6.26. The summed E-state index contributed by atoms with van der Waals surface area (Å²) in [5.74, 6) is 1.06. The molecule has 2 heterocycles. The van der Waals surface area contributed by atoms with Crippen LogP contribution in [0.15, 0.2) is 46.9 Å². The molecular weight excluding hydrogens is 328 g/mol. The van der Waals surface area contributed by atoms with E-state index in [0.29, 0.717) is 23.9 Å². The van der Waals surface area contributed by atoms with E-state index in [0.717, 1.165) is 27.7 Å². The predicted molar refractivity (Wildman–Crippen MR) is 96.9 cm³/mol. The van der Waals surface area contributed by atoms with Gasteiger partial charge in [-0.15, -0.1) is 10.2 Å². The van der Waals surface area contributed by atoms with Gasteiger partial charge in [-0.3, -0.25) is 5.10 Å². The maximum absolute atomic E-state index is 8.95. The highest BCUT2D eigenvalue weighted by atomic mass is 16.4. The number of H-pyrrole nitrogens is 1. The molecule has 26 heavy (non-hydrogen) atoms. The van der Waals surface area contributed by atoms with E-state index in [2.05, 4.69) is 26.5 Å². The van der Waals surface area contributed by atoms with Crippen LogP contribution in [0.5, 0.6) is 0 Å². The third-order valence-electron chi connectivity index (χ3n) is 4.02. The van der Waals surface area contributed by atoms with Crippen molar-refractivity contribution >= 4 is 10.9 Å². The largest absolute Gasteiger partial charge is 0.419 e. The second-order valence-electron chi connectivity index (χ2n) is 6.26. The number of hydrogen-bond donors (Lipinski definition) is 1. The number of nitrogens with one attached hydrogen (secondary N) is 1. The van der Waals surface area contributed by atoms with E-state index in [4.69, 9.17) is 9.68 Å². The number of hydrogen-bond acceptors (Lipinski definition) is 6. The molecule has 0 radical (unpaired) electrons. The minimum Gasteiger partial charge on any atom is -0.419 e. The minimum atomic E-state index is 0.482. The van der Waals surface area contributed by atoms with Crippen LogP contribution >= 0.6 is 0 Å². The molecule has 0 aliphatic rings. The molecule has 4 aromatic rings. The summed E-state index contributed by atoms with van der Waals surface area (Å²) in [4.78, 5) is 1.97. The third-order valence-corrected chi connectivity index (χ3v) is 4.02.